The molecule has 4 rings (SSSR count). The smallest absolute Gasteiger partial charge is 0.338 e. The van der Waals surface area contributed by atoms with Gasteiger partial charge in [0.25, 0.3) is 0 Å². The second kappa shape index (κ2) is 9.41. The highest BCUT2D eigenvalue weighted by Gasteiger charge is 2.34. The van der Waals surface area contributed by atoms with E-state index in [1.807, 2.05) is 24.3 Å². The van der Waals surface area contributed by atoms with Gasteiger partial charge in [0.2, 0.25) is 0 Å². The lowest BCUT2D eigenvalue weighted by atomic mass is 9.95. The molecule has 1 atom stereocenters. The minimum atomic E-state index is -0.625. The summed E-state index contributed by atoms with van der Waals surface area (Å²) in [7, 11) is 1.34. The molecule has 0 aromatic heterocycles. The number of nitrogens with one attached hydrogen (secondary N) is 2. The molecule has 1 saturated heterocycles. The number of esters is 1. The first-order chi connectivity index (χ1) is 15.0. The lowest BCUT2D eigenvalue weighted by molar-refractivity contribution is -0.136. The monoisotopic (exact) mass is 440 g/mol. The average Bonchev–Trinajstić information content (AvgIpc) is 2.79. The normalized spacial score (nSPS) is 19.6. The number of carbonyl (C=O) groups excluding carboxylic acids is 2. The van der Waals surface area contributed by atoms with Crippen molar-refractivity contribution in [1.82, 2.24) is 15.5 Å². The van der Waals surface area contributed by atoms with E-state index in [0.29, 0.717) is 22.8 Å². The van der Waals surface area contributed by atoms with Gasteiger partial charge in [0.1, 0.15) is 0 Å². The van der Waals surface area contributed by atoms with Gasteiger partial charge >= 0.3 is 12.0 Å². The van der Waals surface area contributed by atoms with Crippen LogP contribution in [0.4, 0.5) is 10.5 Å². The second-order valence-electron chi connectivity index (χ2n) is 7.57. The summed E-state index contributed by atoms with van der Waals surface area (Å²) in [5, 5.41) is 6.19. The summed E-state index contributed by atoms with van der Waals surface area (Å²) in [6.45, 7) is 3.83. The first-order valence-electron chi connectivity index (χ1n) is 10.2. The lowest BCUT2D eigenvalue weighted by Gasteiger charge is -2.38. The van der Waals surface area contributed by atoms with Crippen molar-refractivity contribution in [3.05, 3.63) is 76.5 Å². The molecule has 31 heavy (non-hydrogen) atoms. The Morgan fingerprint density at radius 3 is 2.52 bits per heavy atom. The topological polar surface area (TPSA) is 73.9 Å². The predicted octanol–water partition coefficient (Wildman–Crippen LogP) is 2.94. The summed E-state index contributed by atoms with van der Waals surface area (Å²) in [4.78, 5) is 29.7. The standard InChI is InChI=1S/C23H25ClN4O3/c1-31-22(29)20-19(25-23(30)26-21(20)16-6-5-7-17(24)14-16)15-27-10-12-28(13-11-27)18-8-3-2-4-9-18/h2-9,14,21H,10-13,15H2,1H3,(H2,25,26,30). The number of rotatable bonds is 5. The third kappa shape index (κ3) is 4.84. The SMILES string of the molecule is COC(=O)C1=C(CN2CCN(c3ccccc3)CC2)NC(=O)NC1c1cccc(Cl)c1. The Balaban J connectivity index is 1.55. The van der Waals surface area contributed by atoms with Crippen molar-refractivity contribution in [2.75, 3.05) is 44.7 Å². The zero-order chi connectivity index (χ0) is 21.8. The van der Waals surface area contributed by atoms with Crippen molar-refractivity contribution >= 4 is 29.3 Å². The second-order valence-corrected chi connectivity index (χ2v) is 8.01. The van der Waals surface area contributed by atoms with Gasteiger partial charge in [-0.05, 0) is 29.8 Å². The summed E-state index contributed by atoms with van der Waals surface area (Å²) >= 11 is 6.14. The Kier molecular flexibility index (Phi) is 6.44. The summed E-state index contributed by atoms with van der Waals surface area (Å²) in [6, 6.07) is 16.5. The van der Waals surface area contributed by atoms with Crippen LogP contribution in [0.2, 0.25) is 5.02 Å². The van der Waals surface area contributed by atoms with E-state index < -0.39 is 12.0 Å². The molecule has 0 spiro atoms. The largest absolute Gasteiger partial charge is 0.466 e. The number of urea groups is 1. The quantitative estimate of drug-likeness (QED) is 0.699. The molecule has 2 aliphatic rings. The van der Waals surface area contributed by atoms with E-state index >= 15 is 0 Å². The Labute approximate surface area is 186 Å². The van der Waals surface area contributed by atoms with Gasteiger partial charge in [0, 0.05) is 49.1 Å². The van der Waals surface area contributed by atoms with Crippen LogP contribution >= 0.6 is 11.6 Å². The maximum Gasteiger partial charge on any atom is 0.338 e. The van der Waals surface area contributed by atoms with Crippen LogP contribution in [0.5, 0.6) is 0 Å². The highest BCUT2D eigenvalue weighted by atomic mass is 35.5. The van der Waals surface area contributed by atoms with Crippen molar-refractivity contribution in [3.63, 3.8) is 0 Å². The van der Waals surface area contributed by atoms with Gasteiger partial charge in [0.05, 0.1) is 18.7 Å². The molecule has 8 heteroatoms. The Morgan fingerprint density at radius 1 is 1.10 bits per heavy atom. The summed E-state index contributed by atoms with van der Waals surface area (Å²) < 4.78 is 5.05. The summed E-state index contributed by atoms with van der Waals surface area (Å²) in [6.07, 6.45) is 0. The van der Waals surface area contributed by atoms with Crippen molar-refractivity contribution in [1.29, 1.82) is 0 Å². The van der Waals surface area contributed by atoms with E-state index in [4.69, 9.17) is 16.3 Å². The van der Waals surface area contributed by atoms with Gasteiger partial charge in [-0.1, -0.05) is 41.9 Å². The van der Waals surface area contributed by atoms with Crippen molar-refractivity contribution < 1.29 is 14.3 Å². The zero-order valence-electron chi connectivity index (χ0n) is 17.3. The molecule has 2 aromatic rings. The number of hydrogen-bond acceptors (Lipinski definition) is 5. The summed E-state index contributed by atoms with van der Waals surface area (Å²) in [5.41, 5.74) is 2.89. The van der Waals surface area contributed by atoms with E-state index in [2.05, 4.69) is 32.6 Å². The minimum absolute atomic E-state index is 0.351. The van der Waals surface area contributed by atoms with Gasteiger partial charge in [-0.15, -0.1) is 0 Å². The number of halogens is 1. The van der Waals surface area contributed by atoms with Crippen LogP contribution in [0.1, 0.15) is 11.6 Å². The molecular weight excluding hydrogens is 416 g/mol. The number of hydrogen-bond donors (Lipinski definition) is 2. The molecule has 0 bridgehead atoms. The Morgan fingerprint density at radius 2 is 1.84 bits per heavy atom. The Bertz CT molecular complexity index is 987. The first kappa shape index (κ1) is 21.2. The third-order valence-corrected chi connectivity index (χ3v) is 5.85. The first-order valence-corrected chi connectivity index (χ1v) is 10.6. The van der Waals surface area contributed by atoms with E-state index in [9.17, 15) is 9.59 Å². The van der Waals surface area contributed by atoms with Gasteiger partial charge in [0.15, 0.2) is 0 Å². The number of carbonyl (C=O) groups is 2. The van der Waals surface area contributed by atoms with Gasteiger partial charge in [-0.3, -0.25) is 4.90 Å². The van der Waals surface area contributed by atoms with E-state index in [1.54, 1.807) is 18.2 Å². The molecule has 2 N–H and O–H groups in total. The highest BCUT2D eigenvalue weighted by molar-refractivity contribution is 6.30. The third-order valence-electron chi connectivity index (χ3n) is 5.62. The number of benzene rings is 2. The van der Waals surface area contributed by atoms with Gasteiger partial charge in [-0.25, -0.2) is 9.59 Å². The maximum atomic E-state index is 12.7. The van der Waals surface area contributed by atoms with Crippen LogP contribution in [0.3, 0.4) is 0 Å². The number of piperazine rings is 1. The molecule has 0 saturated carbocycles. The number of ether oxygens (including phenoxy) is 1. The van der Waals surface area contributed by atoms with Crippen LogP contribution in [0.15, 0.2) is 65.9 Å². The van der Waals surface area contributed by atoms with Crippen molar-refractivity contribution in [3.8, 4) is 0 Å². The summed E-state index contributed by atoms with van der Waals surface area (Å²) in [5.74, 6) is -0.476. The van der Waals surface area contributed by atoms with Crippen molar-refractivity contribution in [2.24, 2.45) is 0 Å². The predicted molar refractivity (Wildman–Crippen MR) is 120 cm³/mol. The molecule has 1 fully saturated rings. The van der Waals surface area contributed by atoms with Crippen LogP contribution < -0.4 is 15.5 Å². The molecule has 2 aromatic carbocycles. The maximum absolute atomic E-state index is 12.7. The molecular formula is C23H25ClN4O3. The molecule has 2 heterocycles. The Hall–Kier alpha value is -3.03. The molecule has 0 radical (unpaired) electrons. The fourth-order valence-electron chi connectivity index (χ4n) is 4.06. The average molecular weight is 441 g/mol. The fraction of sp³-hybridized carbons (Fsp3) is 0.304. The van der Waals surface area contributed by atoms with Crippen LogP contribution in [-0.4, -0.2) is 56.7 Å². The zero-order valence-corrected chi connectivity index (χ0v) is 18.1. The molecule has 2 amide bonds. The number of nitrogens with zero attached hydrogens (tertiary/aromatic N) is 2. The number of para-hydroxylation sites is 1. The van der Waals surface area contributed by atoms with Crippen LogP contribution in [0, 0.1) is 0 Å². The van der Waals surface area contributed by atoms with Crippen molar-refractivity contribution in [2.45, 2.75) is 6.04 Å². The lowest BCUT2D eigenvalue weighted by Crippen LogP contribution is -2.51. The molecule has 2 aliphatic heterocycles. The van der Waals surface area contributed by atoms with Gasteiger partial charge in [-0.2, -0.15) is 0 Å². The molecule has 1 unspecified atom stereocenters. The number of amides is 2. The fourth-order valence-corrected chi connectivity index (χ4v) is 4.26. The van der Waals surface area contributed by atoms with Crippen LogP contribution in [-0.2, 0) is 9.53 Å². The molecule has 7 nitrogen and oxygen atoms in total. The highest BCUT2D eigenvalue weighted by Crippen LogP contribution is 2.29. The van der Waals surface area contributed by atoms with E-state index in [0.717, 1.165) is 31.7 Å². The minimum Gasteiger partial charge on any atom is -0.466 e. The van der Waals surface area contributed by atoms with Gasteiger partial charge < -0.3 is 20.3 Å². The van der Waals surface area contributed by atoms with E-state index in [-0.39, 0.29) is 6.03 Å². The number of methoxy groups -OCH3 is 1. The van der Waals surface area contributed by atoms with Crippen LogP contribution in [0.25, 0.3) is 0 Å². The molecule has 0 aliphatic carbocycles. The number of anilines is 1. The molecule has 162 valence electrons. The van der Waals surface area contributed by atoms with E-state index in [1.165, 1.54) is 12.8 Å².